The summed E-state index contributed by atoms with van der Waals surface area (Å²) in [4.78, 5) is 0. The molecule has 1 aliphatic rings. The van der Waals surface area contributed by atoms with Crippen LogP contribution in [0.25, 0.3) is 0 Å². The number of hydrogen-bond donors (Lipinski definition) is 1. The van der Waals surface area contributed by atoms with Gasteiger partial charge < -0.3 is 0 Å². The van der Waals surface area contributed by atoms with Gasteiger partial charge in [-0.05, 0) is 17.7 Å². The molecule has 0 amide bonds. The molecular formula is C14H11FN2S. The molecule has 0 fully saturated rings. The van der Waals surface area contributed by atoms with Crippen LogP contribution in [0, 0.1) is 5.82 Å². The smallest absolute Gasteiger partial charge is 0.126 e. The quantitative estimate of drug-likeness (QED) is 0.891. The standard InChI is InChI=1S/C14H11FN2S/c15-12-8-4-7-11(9-12)14-17-16-13(18-14)10-5-2-1-3-6-10/h1-9,14,17H/t14-/m1/s1. The Balaban J connectivity index is 1.79. The zero-order valence-corrected chi connectivity index (χ0v) is 10.3. The fourth-order valence-electron chi connectivity index (χ4n) is 1.81. The highest BCUT2D eigenvalue weighted by atomic mass is 32.2. The fourth-order valence-corrected chi connectivity index (χ4v) is 2.80. The van der Waals surface area contributed by atoms with Gasteiger partial charge in [0.15, 0.2) is 0 Å². The zero-order chi connectivity index (χ0) is 12.4. The van der Waals surface area contributed by atoms with Crippen LogP contribution in [0.3, 0.4) is 0 Å². The number of benzene rings is 2. The van der Waals surface area contributed by atoms with E-state index in [-0.39, 0.29) is 11.2 Å². The molecule has 0 aliphatic carbocycles. The Morgan fingerprint density at radius 2 is 1.89 bits per heavy atom. The lowest BCUT2D eigenvalue weighted by Gasteiger charge is -2.09. The van der Waals surface area contributed by atoms with Crippen molar-refractivity contribution in [1.29, 1.82) is 0 Å². The maximum absolute atomic E-state index is 13.2. The molecule has 2 aromatic carbocycles. The van der Waals surface area contributed by atoms with Crippen LogP contribution in [0.15, 0.2) is 59.7 Å². The normalized spacial score (nSPS) is 18.3. The summed E-state index contributed by atoms with van der Waals surface area (Å²) < 4.78 is 13.2. The molecular weight excluding hydrogens is 247 g/mol. The molecule has 2 nitrogen and oxygen atoms in total. The topological polar surface area (TPSA) is 24.4 Å². The lowest BCUT2D eigenvalue weighted by atomic mass is 10.2. The number of rotatable bonds is 2. The first kappa shape index (κ1) is 11.3. The van der Waals surface area contributed by atoms with E-state index in [0.717, 1.165) is 16.2 Å². The van der Waals surface area contributed by atoms with Crippen molar-refractivity contribution in [3.05, 3.63) is 71.5 Å². The number of thioether (sulfide) groups is 1. The minimum atomic E-state index is -0.219. The lowest BCUT2D eigenvalue weighted by molar-refractivity contribution is 0.622. The summed E-state index contributed by atoms with van der Waals surface area (Å²) in [6.45, 7) is 0. The van der Waals surface area contributed by atoms with Crippen LogP contribution in [0.5, 0.6) is 0 Å². The molecule has 1 atom stereocenters. The summed E-state index contributed by atoms with van der Waals surface area (Å²) in [7, 11) is 0. The Labute approximate surface area is 109 Å². The Morgan fingerprint density at radius 1 is 1.06 bits per heavy atom. The van der Waals surface area contributed by atoms with Crippen LogP contribution in [0.1, 0.15) is 16.5 Å². The number of hydrazone groups is 1. The largest absolute Gasteiger partial charge is 0.291 e. The summed E-state index contributed by atoms with van der Waals surface area (Å²) in [5.74, 6) is -0.219. The van der Waals surface area contributed by atoms with E-state index in [2.05, 4.69) is 10.5 Å². The van der Waals surface area contributed by atoms with Crippen LogP contribution >= 0.6 is 11.8 Å². The van der Waals surface area contributed by atoms with Crippen molar-refractivity contribution in [1.82, 2.24) is 5.43 Å². The van der Waals surface area contributed by atoms with E-state index in [1.807, 2.05) is 36.4 Å². The van der Waals surface area contributed by atoms with Gasteiger partial charge in [0.05, 0.1) is 0 Å². The van der Waals surface area contributed by atoms with E-state index in [0.29, 0.717) is 0 Å². The van der Waals surface area contributed by atoms with Gasteiger partial charge in [0.1, 0.15) is 16.2 Å². The van der Waals surface area contributed by atoms with Crippen LogP contribution in [-0.4, -0.2) is 5.04 Å². The summed E-state index contributed by atoms with van der Waals surface area (Å²) in [5, 5.41) is 5.22. The van der Waals surface area contributed by atoms with Gasteiger partial charge in [-0.1, -0.05) is 54.2 Å². The van der Waals surface area contributed by atoms with E-state index in [1.54, 1.807) is 17.8 Å². The van der Waals surface area contributed by atoms with Gasteiger partial charge in [-0.15, -0.1) is 0 Å². The molecule has 0 aromatic heterocycles. The number of nitrogens with zero attached hydrogens (tertiary/aromatic N) is 1. The van der Waals surface area contributed by atoms with Crippen molar-refractivity contribution in [3.8, 4) is 0 Å². The molecule has 2 aromatic rings. The van der Waals surface area contributed by atoms with E-state index in [1.165, 1.54) is 12.1 Å². The average Bonchev–Trinajstić information content (AvgIpc) is 2.89. The molecule has 0 spiro atoms. The van der Waals surface area contributed by atoms with Crippen LogP contribution in [-0.2, 0) is 0 Å². The highest BCUT2D eigenvalue weighted by Gasteiger charge is 2.21. The van der Waals surface area contributed by atoms with Crippen LogP contribution < -0.4 is 5.43 Å². The van der Waals surface area contributed by atoms with Gasteiger partial charge in [0.25, 0.3) is 0 Å². The third-order valence-corrected chi connectivity index (χ3v) is 3.85. The van der Waals surface area contributed by atoms with Gasteiger partial charge in [0.2, 0.25) is 0 Å². The molecule has 0 radical (unpaired) electrons. The Bertz CT molecular complexity index is 583. The Kier molecular flexibility index (Phi) is 3.02. The van der Waals surface area contributed by atoms with Crippen molar-refractivity contribution >= 4 is 16.8 Å². The molecule has 0 bridgehead atoms. The second-order valence-electron chi connectivity index (χ2n) is 3.96. The van der Waals surface area contributed by atoms with Gasteiger partial charge in [-0.25, -0.2) is 4.39 Å². The third-order valence-electron chi connectivity index (χ3n) is 2.68. The number of nitrogens with one attached hydrogen (secondary N) is 1. The molecule has 0 saturated heterocycles. The van der Waals surface area contributed by atoms with Crippen molar-refractivity contribution in [3.63, 3.8) is 0 Å². The molecule has 0 unspecified atom stereocenters. The second kappa shape index (κ2) is 4.82. The zero-order valence-electron chi connectivity index (χ0n) is 9.51. The predicted molar refractivity (Wildman–Crippen MR) is 72.8 cm³/mol. The fraction of sp³-hybridized carbons (Fsp3) is 0.0714. The van der Waals surface area contributed by atoms with E-state index in [9.17, 15) is 4.39 Å². The molecule has 1 aliphatic heterocycles. The predicted octanol–water partition coefficient (Wildman–Crippen LogP) is 3.52. The average molecular weight is 258 g/mol. The first-order valence-electron chi connectivity index (χ1n) is 5.64. The van der Waals surface area contributed by atoms with Crippen LogP contribution in [0.4, 0.5) is 4.39 Å². The number of hydrogen-bond acceptors (Lipinski definition) is 3. The van der Waals surface area contributed by atoms with Gasteiger partial charge in [-0.3, -0.25) is 5.43 Å². The monoisotopic (exact) mass is 258 g/mol. The molecule has 90 valence electrons. The Morgan fingerprint density at radius 3 is 2.67 bits per heavy atom. The molecule has 18 heavy (non-hydrogen) atoms. The molecule has 4 heteroatoms. The molecule has 0 saturated carbocycles. The van der Waals surface area contributed by atoms with E-state index >= 15 is 0 Å². The molecule has 1 heterocycles. The van der Waals surface area contributed by atoms with Crippen molar-refractivity contribution in [2.24, 2.45) is 5.10 Å². The van der Waals surface area contributed by atoms with Crippen molar-refractivity contribution < 1.29 is 4.39 Å². The molecule has 1 N–H and O–H groups in total. The van der Waals surface area contributed by atoms with Crippen molar-refractivity contribution in [2.45, 2.75) is 5.37 Å². The first-order valence-corrected chi connectivity index (χ1v) is 6.52. The van der Waals surface area contributed by atoms with E-state index in [4.69, 9.17) is 0 Å². The summed E-state index contributed by atoms with van der Waals surface area (Å²) in [5.41, 5.74) is 5.01. The summed E-state index contributed by atoms with van der Waals surface area (Å²) in [6, 6.07) is 16.6. The maximum Gasteiger partial charge on any atom is 0.126 e. The van der Waals surface area contributed by atoms with Gasteiger partial charge in [-0.2, -0.15) is 5.10 Å². The van der Waals surface area contributed by atoms with Gasteiger partial charge in [0, 0.05) is 5.56 Å². The first-order chi connectivity index (χ1) is 8.83. The van der Waals surface area contributed by atoms with Crippen molar-refractivity contribution in [2.75, 3.05) is 0 Å². The highest BCUT2D eigenvalue weighted by molar-refractivity contribution is 8.14. The van der Waals surface area contributed by atoms with E-state index < -0.39 is 0 Å². The second-order valence-corrected chi connectivity index (χ2v) is 5.06. The van der Waals surface area contributed by atoms with Gasteiger partial charge >= 0.3 is 0 Å². The summed E-state index contributed by atoms with van der Waals surface area (Å²) in [6.07, 6.45) is 0. The highest BCUT2D eigenvalue weighted by Crippen LogP contribution is 2.34. The molecule has 3 rings (SSSR count). The van der Waals surface area contributed by atoms with Crippen LogP contribution in [0.2, 0.25) is 0 Å². The SMILES string of the molecule is Fc1cccc([C@@H]2NN=C(c3ccccc3)S2)c1. The Hall–Kier alpha value is -1.81. The third kappa shape index (κ3) is 2.24. The summed E-state index contributed by atoms with van der Waals surface area (Å²) >= 11 is 1.60. The maximum atomic E-state index is 13.2. The minimum Gasteiger partial charge on any atom is -0.291 e. The minimum absolute atomic E-state index is 0.0177. The number of halogens is 1. The lowest BCUT2D eigenvalue weighted by Crippen LogP contribution is -2.06.